The topological polar surface area (TPSA) is 131 Å². The number of benzene rings is 1. The molecule has 10 nitrogen and oxygen atoms in total. The molecule has 0 bridgehead atoms. The standard InChI is InChI=1S/C28H28ClF5N6O2.CH2O2/c1-4-5-10-35-13-16(2)6-9-22(41)18-8-7-17(11-20(18)29)37-26(42)25-36-14-21(39(25)3)19-15-40(23-12-27(23,30)31)38-24(19)28(32,33)34;2-1-3/h1,7-8,11,14-16,23,35H,5-6,9-10,12-13H2,2-3H3,(H,37,42);1H,(H,2,3). The molecule has 2 unspecified atom stereocenters. The van der Waals surface area contributed by atoms with Crippen molar-refractivity contribution in [2.24, 2.45) is 13.0 Å². The number of carboxylic acid groups (broad SMARTS) is 1. The van der Waals surface area contributed by atoms with Crippen LogP contribution in [0.5, 0.6) is 0 Å². The van der Waals surface area contributed by atoms with Gasteiger partial charge in [0, 0.05) is 50.3 Å². The second-order valence-electron chi connectivity index (χ2n) is 10.4. The zero-order chi connectivity index (χ0) is 33.5. The van der Waals surface area contributed by atoms with Gasteiger partial charge in [-0.1, -0.05) is 18.5 Å². The van der Waals surface area contributed by atoms with E-state index < -0.39 is 41.7 Å². The molecule has 0 radical (unpaired) electrons. The summed E-state index contributed by atoms with van der Waals surface area (Å²) in [6.07, 6.45) is 3.15. The number of alkyl halides is 5. The zero-order valence-corrected chi connectivity index (χ0v) is 24.9. The number of imidazole rings is 1. The molecule has 2 atom stereocenters. The number of carbonyl (C=O) groups excluding carboxylic acids is 2. The molecule has 1 aromatic carbocycles. The third-order valence-electron chi connectivity index (χ3n) is 6.91. The van der Waals surface area contributed by atoms with E-state index in [0.29, 0.717) is 29.6 Å². The van der Waals surface area contributed by atoms with Crippen molar-refractivity contribution < 1.29 is 41.4 Å². The van der Waals surface area contributed by atoms with Crippen LogP contribution < -0.4 is 10.6 Å². The number of hydrogen-bond acceptors (Lipinski definition) is 6. The van der Waals surface area contributed by atoms with Crippen LogP contribution in [0.1, 0.15) is 65.3 Å². The van der Waals surface area contributed by atoms with E-state index in [-0.39, 0.29) is 46.8 Å². The molecule has 0 saturated heterocycles. The first kappa shape index (κ1) is 35.2. The van der Waals surface area contributed by atoms with Gasteiger partial charge in [-0.05, 0) is 37.1 Å². The average molecular weight is 657 g/mol. The number of nitrogens with one attached hydrogen (secondary N) is 2. The summed E-state index contributed by atoms with van der Waals surface area (Å²) in [4.78, 5) is 38.0. The highest BCUT2D eigenvalue weighted by molar-refractivity contribution is 6.34. The van der Waals surface area contributed by atoms with Gasteiger partial charge >= 0.3 is 6.18 Å². The SMILES string of the molecule is C#CCCNCC(C)CCC(=O)c1ccc(NC(=O)c2ncc(-c3cn(C4CC4(F)F)nc3C(F)(F)F)n2C)cc1Cl.O=CO. The molecule has 1 aliphatic rings. The Morgan fingerprint density at radius 1 is 1.33 bits per heavy atom. The molecule has 2 aromatic heterocycles. The van der Waals surface area contributed by atoms with Crippen molar-refractivity contribution in [3.05, 3.63) is 52.7 Å². The molecular formula is C29H30ClF5N6O4. The Kier molecular flexibility index (Phi) is 11.5. The summed E-state index contributed by atoms with van der Waals surface area (Å²) in [6, 6.07) is 2.89. The first-order valence-corrected chi connectivity index (χ1v) is 13.9. The van der Waals surface area contributed by atoms with Crippen LogP contribution in [0.15, 0.2) is 30.6 Å². The van der Waals surface area contributed by atoms with E-state index >= 15 is 0 Å². The van der Waals surface area contributed by atoms with Gasteiger partial charge in [-0.2, -0.15) is 18.3 Å². The van der Waals surface area contributed by atoms with Crippen LogP contribution in [0.4, 0.5) is 27.6 Å². The average Bonchev–Trinajstić information content (AvgIpc) is 3.26. The summed E-state index contributed by atoms with van der Waals surface area (Å²) in [7, 11) is 1.32. The molecule has 2 heterocycles. The minimum atomic E-state index is -4.93. The summed E-state index contributed by atoms with van der Waals surface area (Å²) in [5.41, 5.74) is -1.46. The van der Waals surface area contributed by atoms with Crippen molar-refractivity contribution >= 4 is 35.5 Å². The van der Waals surface area contributed by atoms with Gasteiger partial charge in [-0.15, -0.1) is 12.3 Å². The first-order valence-electron chi connectivity index (χ1n) is 13.6. The maximum atomic E-state index is 13.7. The molecule has 3 aromatic rings. The Morgan fingerprint density at radius 3 is 2.58 bits per heavy atom. The monoisotopic (exact) mass is 656 g/mol. The highest BCUT2D eigenvalue weighted by atomic mass is 35.5. The van der Waals surface area contributed by atoms with E-state index in [1.807, 2.05) is 6.92 Å². The molecule has 3 N–H and O–H groups in total. The molecule has 1 amide bonds. The summed E-state index contributed by atoms with van der Waals surface area (Å²) in [5.74, 6) is -1.52. The maximum Gasteiger partial charge on any atom is 0.435 e. The van der Waals surface area contributed by atoms with Gasteiger partial charge in [0.2, 0.25) is 0 Å². The lowest BCUT2D eigenvalue weighted by atomic mass is 9.99. The summed E-state index contributed by atoms with van der Waals surface area (Å²) < 4.78 is 69.8. The van der Waals surface area contributed by atoms with Gasteiger partial charge in [-0.25, -0.2) is 13.8 Å². The number of halogens is 6. The lowest BCUT2D eigenvalue weighted by Gasteiger charge is -2.12. The number of Topliss-reactive ketones (excluding diaryl/α,β-unsaturated/α-hetero) is 1. The summed E-state index contributed by atoms with van der Waals surface area (Å²) >= 11 is 6.32. The Hall–Kier alpha value is -4.29. The number of aromatic nitrogens is 4. The number of ketones is 1. The van der Waals surface area contributed by atoms with E-state index in [9.17, 15) is 31.5 Å². The van der Waals surface area contributed by atoms with Crippen LogP contribution in [0, 0.1) is 18.3 Å². The van der Waals surface area contributed by atoms with Crippen molar-refractivity contribution in [2.45, 2.75) is 50.7 Å². The molecule has 0 spiro atoms. The molecular weight excluding hydrogens is 627 g/mol. The van der Waals surface area contributed by atoms with Gasteiger partial charge in [0.25, 0.3) is 18.3 Å². The third-order valence-corrected chi connectivity index (χ3v) is 7.22. The maximum absolute atomic E-state index is 13.7. The van der Waals surface area contributed by atoms with Crippen LogP contribution >= 0.6 is 11.6 Å². The number of hydrogen-bond donors (Lipinski definition) is 3. The molecule has 1 saturated carbocycles. The van der Waals surface area contributed by atoms with Crippen LogP contribution in [-0.2, 0) is 18.0 Å². The second kappa shape index (κ2) is 14.7. The fourth-order valence-corrected chi connectivity index (χ4v) is 4.72. The largest absolute Gasteiger partial charge is 0.483 e. The number of terminal acetylenes is 1. The Morgan fingerprint density at radius 2 is 2.00 bits per heavy atom. The van der Waals surface area contributed by atoms with Gasteiger partial charge in [-0.3, -0.25) is 19.1 Å². The first-order chi connectivity index (χ1) is 21.1. The lowest BCUT2D eigenvalue weighted by Crippen LogP contribution is -2.22. The van der Waals surface area contributed by atoms with Crippen LogP contribution in [-0.4, -0.2) is 61.6 Å². The third kappa shape index (κ3) is 8.89. The zero-order valence-electron chi connectivity index (χ0n) is 24.2. The van der Waals surface area contributed by atoms with Crippen LogP contribution in [0.2, 0.25) is 5.02 Å². The number of amides is 1. The molecule has 45 heavy (non-hydrogen) atoms. The minimum Gasteiger partial charge on any atom is -0.483 e. The molecule has 16 heteroatoms. The van der Waals surface area contributed by atoms with E-state index in [1.165, 1.54) is 25.2 Å². The summed E-state index contributed by atoms with van der Waals surface area (Å²) in [6.45, 7) is 3.19. The van der Waals surface area contributed by atoms with Gasteiger partial charge < -0.3 is 20.3 Å². The number of anilines is 1. The van der Waals surface area contributed by atoms with E-state index in [0.717, 1.165) is 23.5 Å². The predicted molar refractivity (Wildman–Crippen MR) is 155 cm³/mol. The van der Waals surface area contributed by atoms with Gasteiger partial charge in [0.05, 0.1) is 22.5 Å². The number of nitrogens with zero attached hydrogens (tertiary/aromatic N) is 4. The fourth-order valence-electron chi connectivity index (χ4n) is 4.43. The molecule has 1 aliphatic carbocycles. The van der Waals surface area contributed by atoms with Crippen molar-refractivity contribution in [3.8, 4) is 23.6 Å². The van der Waals surface area contributed by atoms with E-state index in [2.05, 4.69) is 26.6 Å². The molecule has 1 fully saturated rings. The fraction of sp³-hybridized carbons (Fsp3) is 0.414. The lowest BCUT2D eigenvalue weighted by molar-refractivity contribution is -0.141. The predicted octanol–water partition coefficient (Wildman–Crippen LogP) is 5.70. The van der Waals surface area contributed by atoms with Crippen LogP contribution in [0.3, 0.4) is 0 Å². The van der Waals surface area contributed by atoms with Gasteiger partial charge in [0.15, 0.2) is 17.3 Å². The highest BCUT2D eigenvalue weighted by Gasteiger charge is 2.59. The quantitative estimate of drug-likeness (QED) is 0.0749. The second-order valence-corrected chi connectivity index (χ2v) is 10.8. The highest BCUT2D eigenvalue weighted by Crippen LogP contribution is 2.53. The molecule has 0 aliphatic heterocycles. The van der Waals surface area contributed by atoms with E-state index in [1.54, 1.807) is 0 Å². The smallest absolute Gasteiger partial charge is 0.435 e. The van der Waals surface area contributed by atoms with Crippen molar-refractivity contribution in [1.29, 1.82) is 0 Å². The number of rotatable bonds is 12. The normalized spacial score (nSPS) is 15.8. The van der Waals surface area contributed by atoms with Crippen molar-refractivity contribution in [3.63, 3.8) is 0 Å². The van der Waals surface area contributed by atoms with Crippen LogP contribution in [0.25, 0.3) is 11.3 Å². The Labute approximate surface area is 260 Å². The Balaban J connectivity index is 0.00000177. The van der Waals surface area contributed by atoms with E-state index in [4.69, 9.17) is 27.9 Å². The molecule has 242 valence electrons. The minimum absolute atomic E-state index is 0.122. The van der Waals surface area contributed by atoms with Gasteiger partial charge in [0.1, 0.15) is 6.04 Å². The molecule has 4 rings (SSSR count). The van der Waals surface area contributed by atoms with Crippen molar-refractivity contribution in [2.75, 3.05) is 18.4 Å². The number of carbonyl (C=O) groups is 3. The summed E-state index contributed by atoms with van der Waals surface area (Å²) in [5, 5.41) is 16.2. The Bertz CT molecular complexity index is 1580. The van der Waals surface area contributed by atoms with Crippen molar-refractivity contribution in [1.82, 2.24) is 24.6 Å².